The van der Waals surface area contributed by atoms with E-state index in [-0.39, 0.29) is 5.82 Å². The van der Waals surface area contributed by atoms with Crippen molar-refractivity contribution >= 4 is 33.3 Å². The number of aromatic nitrogens is 2. The predicted molar refractivity (Wildman–Crippen MR) is 73.7 cm³/mol. The summed E-state index contributed by atoms with van der Waals surface area (Å²) in [6.07, 6.45) is 1.43. The summed E-state index contributed by atoms with van der Waals surface area (Å²) >= 11 is 3.22. The molecule has 2 N–H and O–H groups in total. The Morgan fingerprint density at radius 1 is 1.22 bits per heavy atom. The molecule has 0 amide bonds. The first-order valence-electron chi connectivity index (χ1n) is 5.33. The van der Waals surface area contributed by atoms with Crippen molar-refractivity contribution in [2.75, 3.05) is 17.7 Å². The Labute approximate surface area is 113 Å². The Kier molecular flexibility index (Phi) is 3.76. The number of hydrogen-bond acceptors (Lipinski definition) is 4. The van der Waals surface area contributed by atoms with Crippen LogP contribution in [0, 0.1) is 12.7 Å². The lowest BCUT2D eigenvalue weighted by molar-refractivity contribution is 0.631. The average Bonchev–Trinajstić information content (AvgIpc) is 2.35. The summed E-state index contributed by atoms with van der Waals surface area (Å²) in [5, 5.41) is 5.91. The van der Waals surface area contributed by atoms with E-state index in [4.69, 9.17) is 0 Å². The minimum atomic E-state index is -0.339. The van der Waals surface area contributed by atoms with E-state index in [1.165, 1.54) is 12.4 Å². The van der Waals surface area contributed by atoms with E-state index in [0.29, 0.717) is 21.8 Å². The summed E-state index contributed by atoms with van der Waals surface area (Å²) in [5.74, 6) is 0.953. The molecule has 0 atom stereocenters. The summed E-state index contributed by atoms with van der Waals surface area (Å²) < 4.78 is 14.4. The third-order valence-corrected chi connectivity index (χ3v) is 3.00. The summed E-state index contributed by atoms with van der Waals surface area (Å²) in [7, 11) is 1.78. The fourth-order valence-corrected chi connectivity index (χ4v) is 1.88. The van der Waals surface area contributed by atoms with Crippen LogP contribution in [0.5, 0.6) is 0 Å². The highest BCUT2D eigenvalue weighted by atomic mass is 79.9. The summed E-state index contributed by atoms with van der Waals surface area (Å²) in [4.78, 5) is 8.18. The lowest BCUT2D eigenvalue weighted by Gasteiger charge is -2.11. The van der Waals surface area contributed by atoms with Crippen LogP contribution in [0.1, 0.15) is 5.56 Å². The van der Waals surface area contributed by atoms with Crippen molar-refractivity contribution in [1.82, 2.24) is 9.97 Å². The average molecular weight is 311 g/mol. The Hall–Kier alpha value is -1.69. The highest BCUT2D eigenvalue weighted by Gasteiger charge is 2.08. The van der Waals surface area contributed by atoms with Crippen molar-refractivity contribution in [3.63, 3.8) is 0 Å². The number of nitrogens with one attached hydrogen (secondary N) is 2. The van der Waals surface area contributed by atoms with Crippen LogP contribution >= 0.6 is 15.9 Å². The number of rotatable bonds is 3. The van der Waals surface area contributed by atoms with Crippen LogP contribution in [-0.4, -0.2) is 17.0 Å². The molecule has 0 saturated carbocycles. The van der Waals surface area contributed by atoms with Gasteiger partial charge in [0.15, 0.2) is 0 Å². The largest absolute Gasteiger partial charge is 0.373 e. The predicted octanol–water partition coefficient (Wildman–Crippen LogP) is 3.47. The smallest absolute Gasteiger partial charge is 0.147 e. The Bertz CT molecular complexity index is 574. The second-order valence-corrected chi connectivity index (χ2v) is 4.61. The summed E-state index contributed by atoms with van der Waals surface area (Å²) in [6.45, 7) is 1.87. The van der Waals surface area contributed by atoms with Gasteiger partial charge in [0.05, 0.1) is 5.69 Å². The number of benzene rings is 1. The quantitative estimate of drug-likeness (QED) is 0.911. The molecule has 4 nitrogen and oxygen atoms in total. The molecule has 0 aliphatic rings. The zero-order valence-corrected chi connectivity index (χ0v) is 11.5. The van der Waals surface area contributed by atoms with E-state index < -0.39 is 0 Å². The zero-order chi connectivity index (χ0) is 13.1. The summed E-state index contributed by atoms with van der Waals surface area (Å²) in [6, 6.07) is 4.82. The van der Waals surface area contributed by atoms with Gasteiger partial charge in [-0.05, 0) is 25.1 Å². The SMILES string of the molecule is CNc1ncnc(Nc2ccc(Br)cc2F)c1C. The van der Waals surface area contributed by atoms with Gasteiger partial charge in [0.25, 0.3) is 0 Å². The fourth-order valence-electron chi connectivity index (χ4n) is 1.55. The van der Waals surface area contributed by atoms with Crippen LogP contribution < -0.4 is 10.6 Å². The minimum absolute atomic E-state index is 0.339. The molecule has 0 saturated heterocycles. The van der Waals surface area contributed by atoms with E-state index in [9.17, 15) is 4.39 Å². The minimum Gasteiger partial charge on any atom is -0.373 e. The Balaban J connectivity index is 2.34. The number of hydrogen-bond donors (Lipinski definition) is 2. The van der Waals surface area contributed by atoms with Crippen LogP contribution in [0.3, 0.4) is 0 Å². The van der Waals surface area contributed by atoms with Crippen molar-refractivity contribution in [2.24, 2.45) is 0 Å². The van der Waals surface area contributed by atoms with Crippen LogP contribution in [0.25, 0.3) is 0 Å². The molecule has 6 heteroatoms. The third kappa shape index (κ3) is 2.59. The van der Waals surface area contributed by atoms with Gasteiger partial charge >= 0.3 is 0 Å². The first-order valence-corrected chi connectivity index (χ1v) is 6.12. The molecular formula is C12H12BrFN4. The maximum absolute atomic E-state index is 13.7. The van der Waals surface area contributed by atoms with Gasteiger partial charge in [0, 0.05) is 17.1 Å². The molecule has 0 aliphatic carbocycles. The first-order chi connectivity index (χ1) is 8.61. The standard InChI is InChI=1S/C12H12BrFN4/c1-7-11(15-2)16-6-17-12(7)18-10-4-3-8(13)5-9(10)14/h3-6H,1-2H3,(H2,15,16,17,18). The molecule has 0 radical (unpaired) electrons. The molecule has 1 aromatic carbocycles. The van der Waals surface area contributed by atoms with Gasteiger partial charge in [0.1, 0.15) is 23.8 Å². The molecule has 2 aromatic rings. The summed E-state index contributed by atoms with van der Waals surface area (Å²) in [5.41, 5.74) is 1.21. The molecule has 0 bridgehead atoms. The lowest BCUT2D eigenvalue weighted by atomic mass is 10.2. The Morgan fingerprint density at radius 2 is 1.94 bits per heavy atom. The van der Waals surface area contributed by atoms with Crippen molar-refractivity contribution in [3.05, 3.63) is 40.4 Å². The monoisotopic (exact) mass is 310 g/mol. The van der Waals surface area contributed by atoms with Gasteiger partial charge < -0.3 is 10.6 Å². The van der Waals surface area contributed by atoms with Crippen LogP contribution in [0.4, 0.5) is 21.7 Å². The molecule has 0 unspecified atom stereocenters. The van der Waals surface area contributed by atoms with Crippen molar-refractivity contribution < 1.29 is 4.39 Å². The van der Waals surface area contributed by atoms with Gasteiger partial charge in [-0.1, -0.05) is 15.9 Å². The normalized spacial score (nSPS) is 10.2. The molecule has 94 valence electrons. The number of halogens is 2. The highest BCUT2D eigenvalue weighted by Crippen LogP contribution is 2.25. The Morgan fingerprint density at radius 3 is 2.61 bits per heavy atom. The first kappa shape index (κ1) is 12.8. The van der Waals surface area contributed by atoms with Gasteiger partial charge in [-0.2, -0.15) is 0 Å². The molecule has 1 heterocycles. The van der Waals surface area contributed by atoms with Gasteiger partial charge in [0.2, 0.25) is 0 Å². The topological polar surface area (TPSA) is 49.8 Å². The maximum atomic E-state index is 13.7. The highest BCUT2D eigenvalue weighted by molar-refractivity contribution is 9.10. The lowest BCUT2D eigenvalue weighted by Crippen LogP contribution is -2.03. The zero-order valence-electron chi connectivity index (χ0n) is 9.96. The van der Waals surface area contributed by atoms with Crippen molar-refractivity contribution in [2.45, 2.75) is 6.92 Å². The van der Waals surface area contributed by atoms with E-state index in [1.54, 1.807) is 19.2 Å². The maximum Gasteiger partial charge on any atom is 0.147 e. The molecule has 0 spiro atoms. The van der Waals surface area contributed by atoms with Gasteiger partial charge in [-0.25, -0.2) is 14.4 Å². The van der Waals surface area contributed by atoms with Gasteiger partial charge in [-0.3, -0.25) is 0 Å². The van der Waals surface area contributed by atoms with E-state index in [2.05, 4.69) is 36.5 Å². The molecule has 0 aliphatic heterocycles. The van der Waals surface area contributed by atoms with Crippen LogP contribution in [0.15, 0.2) is 29.0 Å². The number of anilines is 3. The molecule has 18 heavy (non-hydrogen) atoms. The molecule has 2 rings (SSSR count). The third-order valence-electron chi connectivity index (χ3n) is 2.51. The molecular weight excluding hydrogens is 299 g/mol. The second-order valence-electron chi connectivity index (χ2n) is 3.70. The molecule has 1 aromatic heterocycles. The van der Waals surface area contributed by atoms with Gasteiger partial charge in [-0.15, -0.1) is 0 Å². The van der Waals surface area contributed by atoms with Crippen LogP contribution in [-0.2, 0) is 0 Å². The van der Waals surface area contributed by atoms with Crippen molar-refractivity contribution in [1.29, 1.82) is 0 Å². The second kappa shape index (κ2) is 5.30. The van der Waals surface area contributed by atoms with Crippen LogP contribution in [0.2, 0.25) is 0 Å². The number of nitrogens with zero attached hydrogens (tertiary/aromatic N) is 2. The van der Waals surface area contributed by atoms with Crippen molar-refractivity contribution in [3.8, 4) is 0 Å². The van der Waals surface area contributed by atoms with E-state index in [0.717, 1.165) is 5.56 Å². The van der Waals surface area contributed by atoms with E-state index >= 15 is 0 Å². The fraction of sp³-hybridized carbons (Fsp3) is 0.167. The molecule has 0 fully saturated rings. The van der Waals surface area contributed by atoms with E-state index in [1.807, 2.05) is 6.92 Å².